The Hall–Kier alpha value is -3.01. The lowest BCUT2D eigenvalue weighted by molar-refractivity contribution is -0.390. The van der Waals surface area contributed by atoms with Crippen LogP contribution in [0.4, 0.5) is 10.2 Å². The predicted octanol–water partition coefficient (Wildman–Crippen LogP) is 2.89. The van der Waals surface area contributed by atoms with Gasteiger partial charge in [0.2, 0.25) is 5.75 Å². The molecule has 0 aliphatic heterocycles. The number of hydrogen-bond acceptors (Lipinski definition) is 5. The molecule has 1 aromatic carbocycles. The second kappa shape index (κ2) is 5.96. The molecule has 0 aliphatic carbocycles. The summed E-state index contributed by atoms with van der Waals surface area (Å²) >= 11 is 0. The quantitative estimate of drug-likeness (QED) is 0.637. The summed E-state index contributed by atoms with van der Waals surface area (Å²) in [5, 5.41) is 19.6. The molecule has 6 nitrogen and oxygen atoms in total. The molecule has 0 radical (unpaired) electrons. The van der Waals surface area contributed by atoms with Crippen molar-refractivity contribution in [3.8, 4) is 11.8 Å². The van der Waals surface area contributed by atoms with Crippen molar-refractivity contribution < 1.29 is 14.1 Å². The number of halogens is 1. The first-order valence-electron chi connectivity index (χ1n) is 5.94. The topological polar surface area (TPSA) is 89.0 Å². The van der Waals surface area contributed by atoms with Crippen LogP contribution in [0.2, 0.25) is 0 Å². The lowest BCUT2D eigenvalue weighted by Crippen LogP contribution is -2.02. The van der Waals surface area contributed by atoms with Crippen LogP contribution >= 0.6 is 0 Å². The Morgan fingerprint density at radius 3 is 2.86 bits per heavy atom. The number of hydrogen-bond donors (Lipinski definition) is 0. The van der Waals surface area contributed by atoms with Crippen LogP contribution in [-0.4, -0.2) is 9.91 Å². The second-order valence-electron chi connectivity index (χ2n) is 4.25. The normalized spacial score (nSPS) is 9.95. The highest BCUT2D eigenvalue weighted by molar-refractivity contribution is 5.41. The molecular weight excluding hydrogens is 277 g/mol. The number of aromatic nitrogens is 1. The zero-order valence-corrected chi connectivity index (χ0v) is 11.0. The number of benzene rings is 1. The lowest BCUT2D eigenvalue weighted by Gasteiger charge is -2.07. The van der Waals surface area contributed by atoms with Crippen molar-refractivity contribution in [2.75, 3.05) is 0 Å². The third kappa shape index (κ3) is 3.30. The van der Waals surface area contributed by atoms with Gasteiger partial charge in [0.05, 0.1) is 5.56 Å². The average Bonchev–Trinajstić information content (AvgIpc) is 2.47. The minimum atomic E-state index is -0.631. The predicted molar refractivity (Wildman–Crippen MR) is 71.1 cm³/mol. The Balaban J connectivity index is 2.21. The first-order chi connectivity index (χ1) is 10.0. The smallest absolute Gasteiger partial charge is 0.406 e. The minimum Gasteiger partial charge on any atom is -0.481 e. The molecule has 0 aliphatic rings. The lowest BCUT2D eigenvalue weighted by atomic mass is 10.1. The van der Waals surface area contributed by atoms with Crippen molar-refractivity contribution in [3.63, 3.8) is 0 Å². The monoisotopic (exact) mass is 287 g/mol. The summed E-state index contributed by atoms with van der Waals surface area (Å²) in [5.41, 5.74) is 0.929. The molecule has 0 spiro atoms. The van der Waals surface area contributed by atoms with E-state index in [4.69, 9.17) is 10.00 Å². The highest BCUT2D eigenvalue weighted by Crippen LogP contribution is 2.25. The summed E-state index contributed by atoms with van der Waals surface area (Å²) in [6.07, 6.45) is 0. The zero-order chi connectivity index (χ0) is 15.4. The van der Waals surface area contributed by atoms with Crippen molar-refractivity contribution >= 4 is 5.82 Å². The van der Waals surface area contributed by atoms with Gasteiger partial charge in [-0.05, 0) is 39.7 Å². The maximum Gasteiger partial charge on any atom is 0.406 e. The van der Waals surface area contributed by atoms with Crippen molar-refractivity contribution in [2.24, 2.45) is 0 Å². The molecule has 21 heavy (non-hydrogen) atoms. The molecule has 0 bridgehead atoms. The van der Waals surface area contributed by atoms with Gasteiger partial charge in [0.15, 0.2) is 0 Å². The maximum atomic E-state index is 13.2. The fourth-order valence-corrected chi connectivity index (χ4v) is 1.68. The highest BCUT2D eigenvalue weighted by Gasteiger charge is 2.17. The van der Waals surface area contributed by atoms with Gasteiger partial charge in [-0.25, -0.2) is 4.39 Å². The molecule has 0 saturated carbocycles. The standard InChI is InChI=1S/C14H10FN3O3/c1-9-2-5-13(14(17-9)18(19)20)21-8-10-3-4-12(15)11(6-10)7-16/h2-6H,8H2,1H3. The molecule has 1 aromatic heterocycles. The van der Waals surface area contributed by atoms with Crippen LogP contribution in [0.3, 0.4) is 0 Å². The number of ether oxygens (including phenoxy) is 1. The Bertz CT molecular complexity index is 741. The van der Waals surface area contributed by atoms with Crippen LogP contribution in [0, 0.1) is 34.2 Å². The molecule has 2 aromatic rings. The molecule has 0 atom stereocenters. The van der Waals surface area contributed by atoms with Gasteiger partial charge in [-0.2, -0.15) is 5.26 Å². The van der Waals surface area contributed by atoms with Gasteiger partial charge in [0.25, 0.3) is 0 Å². The Morgan fingerprint density at radius 1 is 1.43 bits per heavy atom. The minimum absolute atomic E-state index is 0.0217. The summed E-state index contributed by atoms with van der Waals surface area (Å²) in [4.78, 5) is 14.1. The summed E-state index contributed by atoms with van der Waals surface area (Å²) < 4.78 is 18.5. The molecule has 0 amide bonds. The number of nitriles is 1. The van der Waals surface area contributed by atoms with Crippen molar-refractivity contribution in [1.82, 2.24) is 4.98 Å². The fourth-order valence-electron chi connectivity index (χ4n) is 1.68. The molecule has 0 unspecified atom stereocenters. The van der Waals surface area contributed by atoms with Gasteiger partial charge >= 0.3 is 5.82 Å². The first kappa shape index (κ1) is 14.4. The molecular formula is C14H10FN3O3. The molecule has 0 saturated heterocycles. The van der Waals surface area contributed by atoms with Gasteiger partial charge in [-0.1, -0.05) is 6.07 Å². The Morgan fingerprint density at radius 2 is 2.19 bits per heavy atom. The molecule has 2 rings (SSSR count). The van der Waals surface area contributed by atoms with E-state index in [0.717, 1.165) is 6.07 Å². The van der Waals surface area contributed by atoms with E-state index in [1.165, 1.54) is 18.2 Å². The zero-order valence-electron chi connectivity index (χ0n) is 11.0. The summed E-state index contributed by atoms with van der Waals surface area (Å²) in [6, 6.07) is 8.70. The van der Waals surface area contributed by atoms with E-state index in [1.807, 2.05) is 0 Å². The summed E-state index contributed by atoms with van der Waals surface area (Å²) in [5.74, 6) is -0.977. The summed E-state index contributed by atoms with van der Waals surface area (Å²) in [7, 11) is 0. The van der Waals surface area contributed by atoms with Crippen LogP contribution < -0.4 is 4.74 Å². The SMILES string of the molecule is Cc1ccc(OCc2ccc(F)c(C#N)c2)c([N+](=O)[O-])n1. The Kier molecular flexibility index (Phi) is 4.09. The van der Waals surface area contributed by atoms with Crippen LogP contribution in [0.1, 0.15) is 16.8 Å². The van der Waals surface area contributed by atoms with Crippen molar-refractivity contribution in [1.29, 1.82) is 5.26 Å². The van der Waals surface area contributed by atoms with Gasteiger partial charge in [-0.3, -0.25) is 0 Å². The van der Waals surface area contributed by atoms with E-state index in [0.29, 0.717) is 11.3 Å². The number of aryl methyl sites for hydroxylation is 1. The van der Waals surface area contributed by atoms with E-state index in [9.17, 15) is 14.5 Å². The van der Waals surface area contributed by atoms with Gasteiger partial charge in [0.1, 0.15) is 24.2 Å². The van der Waals surface area contributed by atoms with Crippen molar-refractivity contribution in [2.45, 2.75) is 13.5 Å². The van der Waals surface area contributed by atoms with Gasteiger partial charge in [-0.15, -0.1) is 0 Å². The molecule has 0 N–H and O–H groups in total. The van der Waals surface area contributed by atoms with E-state index in [1.54, 1.807) is 19.1 Å². The van der Waals surface area contributed by atoms with E-state index < -0.39 is 10.7 Å². The summed E-state index contributed by atoms with van der Waals surface area (Å²) in [6.45, 7) is 1.61. The Labute approximate surface area is 119 Å². The average molecular weight is 287 g/mol. The maximum absolute atomic E-state index is 13.2. The third-order valence-corrected chi connectivity index (χ3v) is 2.70. The first-order valence-corrected chi connectivity index (χ1v) is 5.94. The van der Waals surface area contributed by atoms with E-state index in [2.05, 4.69) is 4.98 Å². The van der Waals surface area contributed by atoms with E-state index >= 15 is 0 Å². The highest BCUT2D eigenvalue weighted by atomic mass is 19.1. The largest absolute Gasteiger partial charge is 0.481 e. The van der Waals surface area contributed by atoms with Crippen LogP contribution in [0.25, 0.3) is 0 Å². The second-order valence-corrected chi connectivity index (χ2v) is 4.25. The van der Waals surface area contributed by atoms with Crippen LogP contribution in [0.5, 0.6) is 5.75 Å². The molecule has 106 valence electrons. The molecule has 0 fully saturated rings. The van der Waals surface area contributed by atoms with E-state index in [-0.39, 0.29) is 23.7 Å². The molecule has 1 heterocycles. The fraction of sp³-hybridized carbons (Fsp3) is 0.143. The van der Waals surface area contributed by atoms with Crippen molar-refractivity contribution in [3.05, 3.63) is 63.1 Å². The number of rotatable bonds is 4. The number of nitrogens with zero attached hydrogens (tertiary/aromatic N) is 3. The van der Waals surface area contributed by atoms with Gasteiger partial charge in [0, 0.05) is 6.92 Å². The van der Waals surface area contributed by atoms with Gasteiger partial charge < -0.3 is 14.9 Å². The molecule has 7 heteroatoms. The number of nitro groups is 1. The van der Waals surface area contributed by atoms with Crippen LogP contribution in [-0.2, 0) is 6.61 Å². The third-order valence-electron chi connectivity index (χ3n) is 2.70. The number of pyridine rings is 1. The van der Waals surface area contributed by atoms with Crippen LogP contribution in [0.15, 0.2) is 30.3 Å².